The van der Waals surface area contributed by atoms with Crippen LogP contribution in [0.4, 0.5) is 0 Å². The van der Waals surface area contributed by atoms with Crippen LogP contribution in [0, 0.1) is 0 Å². The van der Waals surface area contributed by atoms with Crippen LogP contribution in [-0.4, -0.2) is 16.0 Å². The lowest BCUT2D eigenvalue weighted by atomic mass is 10.2. The van der Waals surface area contributed by atoms with Crippen LogP contribution in [-0.2, 0) is 6.54 Å². The van der Waals surface area contributed by atoms with Crippen molar-refractivity contribution in [3.63, 3.8) is 0 Å². The van der Waals surface area contributed by atoms with Crippen molar-refractivity contribution in [1.82, 2.24) is 15.3 Å². The molecule has 1 aromatic carbocycles. The van der Waals surface area contributed by atoms with Crippen LogP contribution in [0.15, 0.2) is 23.0 Å². The Morgan fingerprint density at radius 1 is 1.27 bits per heavy atom. The fourth-order valence-electron chi connectivity index (χ4n) is 1.51. The first kappa shape index (κ1) is 9.98. The zero-order valence-corrected chi connectivity index (χ0v) is 8.92. The minimum absolute atomic E-state index is 0.154. The second kappa shape index (κ2) is 3.90. The molecule has 4 heteroatoms. The Bertz CT molecular complexity index is 510. The van der Waals surface area contributed by atoms with Crippen molar-refractivity contribution in [1.29, 1.82) is 0 Å². The van der Waals surface area contributed by atoms with E-state index in [1.807, 2.05) is 18.2 Å². The Morgan fingerprint density at radius 3 is 2.73 bits per heavy atom. The molecule has 15 heavy (non-hydrogen) atoms. The van der Waals surface area contributed by atoms with Gasteiger partial charge in [0.05, 0.1) is 11.0 Å². The molecule has 0 fully saturated rings. The van der Waals surface area contributed by atoms with E-state index in [0.29, 0.717) is 6.04 Å². The zero-order chi connectivity index (χ0) is 10.8. The molecule has 0 saturated heterocycles. The summed E-state index contributed by atoms with van der Waals surface area (Å²) in [6, 6.07) is 6.39. The van der Waals surface area contributed by atoms with Crippen LogP contribution in [0.5, 0.6) is 0 Å². The van der Waals surface area contributed by atoms with Crippen molar-refractivity contribution in [2.75, 3.05) is 0 Å². The lowest BCUT2D eigenvalue weighted by Crippen LogP contribution is -2.21. The molecule has 1 aromatic heterocycles. The molecule has 2 aromatic rings. The Hall–Kier alpha value is -1.55. The molecule has 0 radical (unpaired) electrons. The summed E-state index contributed by atoms with van der Waals surface area (Å²) in [7, 11) is 0. The van der Waals surface area contributed by atoms with E-state index in [2.05, 4.69) is 29.1 Å². The molecule has 0 spiro atoms. The van der Waals surface area contributed by atoms with Gasteiger partial charge < -0.3 is 15.3 Å². The smallest absolute Gasteiger partial charge is 0.310 e. The van der Waals surface area contributed by atoms with Gasteiger partial charge in [0.2, 0.25) is 0 Å². The van der Waals surface area contributed by atoms with E-state index in [0.717, 1.165) is 17.6 Å². The maximum Gasteiger partial charge on any atom is 0.323 e. The molecular formula is C11H15N3O. The van der Waals surface area contributed by atoms with Crippen molar-refractivity contribution >= 4 is 11.0 Å². The van der Waals surface area contributed by atoms with Crippen LogP contribution in [0.1, 0.15) is 19.4 Å². The van der Waals surface area contributed by atoms with Crippen molar-refractivity contribution in [2.24, 2.45) is 0 Å². The number of rotatable bonds is 3. The van der Waals surface area contributed by atoms with E-state index in [4.69, 9.17) is 0 Å². The number of aromatic amines is 2. The van der Waals surface area contributed by atoms with Gasteiger partial charge in [-0.2, -0.15) is 0 Å². The molecule has 2 rings (SSSR count). The number of benzene rings is 1. The average molecular weight is 205 g/mol. The fraction of sp³-hybridized carbons (Fsp3) is 0.364. The maximum atomic E-state index is 11.0. The standard InChI is InChI=1S/C11H15N3O/c1-7(2)12-6-8-3-4-9-10(5-8)14-11(15)13-9/h3-5,7,12H,6H2,1-2H3,(H2,13,14,15). The summed E-state index contributed by atoms with van der Waals surface area (Å²) >= 11 is 0. The highest BCUT2D eigenvalue weighted by molar-refractivity contribution is 5.74. The quantitative estimate of drug-likeness (QED) is 0.708. The lowest BCUT2D eigenvalue weighted by Gasteiger charge is -2.07. The van der Waals surface area contributed by atoms with Crippen molar-refractivity contribution in [2.45, 2.75) is 26.4 Å². The molecule has 1 heterocycles. The maximum absolute atomic E-state index is 11.0. The van der Waals surface area contributed by atoms with Gasteiger partial charge in [-0.05, 0) is 17.7 Å². The molecule has 80 valence electrons. The minimum Gasteiger partial charge on any atom is -0.310 e. The molecule has 3 N–H and O–H groups in total. The fourth-order valence-corrected chi connectivity index (χ4v) is 1.51. The first-order valence-corrected chi connectivity index (χ1v) is 5.09. The van der Waals surface area contributed by atoms with Gasteiger partial charge >= 0.3 is 5.69 Å². The summed E-state index contributed by atoms with van der Waals surface area (Å²) in [5.41, 5.74) is 2.74. The van der Waals surface area contributed by atoms with Gasteiger partial charge in [0.25, 0.3) is 0 Å². The van der Waals surface area contributed by atoms with Crippen LogP contribution in [0.25, 0.3) is 11.0 Å². The van der Waals surface area contributed by atoms with E-state index in [1.54, 1.807) is 0 Å². The highest BCUT2D eigenvalue weighted by Crippen LogP contribution is 2.09. The van der Waals surface area contributed by atoms with Gasteiger partial charge in [-0.3, -0.25) is 0 Å². The molecule has 0 aliphatic rings. The number of fused-ring (bicyclic) bond motifs is 1. The molecule has 0 aliphatic heterocycles. The first-order valence-electron chi connectivity index (χ1n) is 5.09. The molecule has 0 aliphatic carbocycles. The third-order valence-corrected chi connectivity index (χ3v) is 2.29. The third kappa shape index (κ3) is 2.27. The molecular weight excluding hydrogens is 190 g/mol. The number of imidazole rings is 1. The van der Waals surface area contributed by atoms with E-state index >= 15 is 0 Å². The summed E-state index contributed by atoms with van der Waals surface area (Å²) in [4.78, 5) is 16.5. The van der Waals surface area contributed by atoms with Crippen LogP contribution in [0.3, 0.4) is 0 Å². The van der Waals surface area contributed by atoms with Gasteiger partial charge in [-0.25, -0.2) is 4.79 Å². The molecule has 0 bridgehead atoms. The zero-order valence-electron chi connectivity index (χ0n) is 8.92. The second-order valence-corrected chi connectivity index (χ2v) is 3.99. The van der Waals surface area contributed by atoms with Crippen molar-refractivity contribution < 1.29 is 0 Å². The van der Waals surface area contributed by atoms with E-state index < -0.39 is 0 Å². The minimum atomic E-state index is -0.154. The summed E-state index contributed by atoms with van der Waals surface area (Å²) in [5.74, 6) is 0. The molecule has 0 unspecified atom stereocenters. The summed E-state index contributed by atoms with van der Waals surface area (Å²) in [6.45, 7) is 5.04. The molecule has 0 atom stereocenters. The second-order valence-electron chi connectivity index (χ2n) is 3.99. The monoisotopic (exact) mass is 205 g/mol. The van der Waals surface area contributed by atoms with E-state index in [9.17, 15) is 4.79 Å². The molecule has 0 amide bonds. The van der Waals surface area contributed by atoms with Gasteiger partial charge in [0.1, 0.15) is 0 Å². The predicted octanol–water partition coefficient (Wildman–Crippen LogP) is 1.35. The third-order valence-electron chi connectivity index (χ3n) is 2.29. The number of nitrogens with one attached hydrogen (secondary N) is 3. The van der Waals surface area contributed by atoms with Crippen LogP contribution >= 0.6 is 0 Å². The summed E-state index contributed by atoms with van der Waals surface area (Å²) in [6.07, 6.45) is 0. The number of hydrogen-bond donors (Lipinski definition) is 3. The van der Waals surface area contributed by atoms with E-state index in [-0.39, 0.29) is 5.69 Å². The Kier molecular flexibility index (Phi) is 2.60. The van der Waals surface area contributed by atoms with Gasteiger partial charge in [0, 0.05) is 12.6 Å². The van der Waals surface area contributed by atoms with Gasteiger partial charge in [-0.15, -0.1) is 0 Å². The van der Waals surface area contributed by atoms with Crippen LogP contribution < -0.4 is 11.0 Å². The van der Waals surface area contributed by atoms with Crippen LogP contribution in [0.2, 0.25) is 0 Å². The number of hydrogen-bond acceptors (Lipinski definition) is 2. The lowest BCUT2D eigenvalue weighted by molar-refractivity contribution is 0.589. The predicted molar refractivity (Wildman–Crippen MR) is 60.9 cm³/mol. The van der Waals surface area contributed by atoms with E-state index in [1.165, 1.54) is 5.56 Å². The largest absolute Gasteiger partial charge is 0.323 e. The van der Waals surface area contributed by atoms with Crippen molar-refractivity contribution in [3.8, 4) is 0 Å². The van der Waals surface area contributed by atoms with Gasteiger partial charge in [0.15, 0.2) is 0 Å². The van der Waals surface area contributed by atoms with Crippen molar-refractivity contribution in [3.05, 3.63) is 34.2 Å². The Labute approximate surface area is 87.7 Å². The summed E-state index contributed by atoms with van der Waals surface area (Å²) < 4.78 is 0. The SMILES string of the molecule is CC(C)NCc1ccc2[nH]c(=O)[nH]c2c1. The topological polar surface area (TPSA) is 60.7 Å². The number of aromatic nitrogens is 2. The Balaban J connectivity index is 2.26. The average Bonchev–Trinajstić information content (AvgIpc) is 2.53. The van der Waals surface area contributed by atoms with Gasteiger partial charge in [-0.1, -0.05) is 19.9 Å². The Morgan fingerprint density at radius 2 is 2.00 bits per heavy atom. The highest BCUT2D eigenvalue weighted by Gasteiger charge is 2.00. The normalized spacial score (nSPS) is 11.4. The first-order chi connectivity index (χ1) is 7.15. The molecule has 0 saturated carbocycles. The summed E-state index contributed by atoms with van der Waals surface area (Å²) in [5, 5.41) is 3.33. The molecule has 4 nitrogen and oxygen atoms in total. The number of H-pyrrole nitrogens is 2. The highest BCUT2D eigenvalue weighted by atomic mass is 16.1.